The Hall–Kier alpha value is -3.92. The maximum absolute atomic E-state index is 13.9. The Kier molecular flexibility index (Phi) is 7.36. The number of hydrogen-bond acceptors (Lipinski definition) is 4. The normalized spacial score (nSPS) is 11.3. The van der Waals surface area contributed by atoms with Gasteiger partial charge in [0.2, 0.25) is 0 Å². The Morgan fingerprint density at radius 1 is 0.514 bits per heavy atom. The van der Waals surface area contributed by atoms with E-state index in [9.17, 15) is 8.42 Å². The second-order valence-corrected chi connectivity index (χ2v) is 13.0. The van der Waals surface area contributed by atoms with Crippen LogP contribution in [-0.4, -0.2) is 8.42 Å². The number of aryl methyl sites for hydroxylation is 1. The molecule has 0 saturated heterocycles. The van der Waals surface area contributed by atoms with Crippen LogP contribution in [0.5, 0.6) is 11.5 Å². The van der Waals surface area contributed by atoms with Gasteiger partial charge in [-0.15, -0.1) is 0 Å². The van der Waals surface area contributed by atoms with Crippen molar-refractivity contribution in [2.45, 2.75) is 11.8 Å². The Bertz CT molecular complexity index is 1500. The molecule has 0 heterocycles. The third-order valence-electron chi connectivity index (χ3n) is 5.80. The summed E-state index contributed by atoms with van der Waals surface area (Å²) in [6, 6.07) is 41.0. The summed E-state index contributed by atoms with van der Waals surface area (Å²) < 4.78 is 40.5. The van der Waals surface area contributed by atoms with Crippen LogP contribution in [0.25, 0.3) is 22.3 Å². The minimum atomic E-state index is -3.99. The molecule has 37 heavy (non-hydrogen) atoms. The monoisotopic (exact) mass is 524 g/mol. The van der Waals surface area contributed by atoms with E-state index in [-0.39, 0.29) is 4.90 Å². The predicted octanol–water partition coefficient (Wildman–Crippen LogP) is 8.49. The van der Waals surface area contributed by atoms with Crippen LogP contribution in [0.4, 0.5) is 0 Å². The molecule has 0 amide bonds. The van der Waals surface area contributed by atoms with Gasteiger partial charge in [0, 0.05) is 11.1 Å². The van der Waals surface area contributed by atoms with Gasteiger partial charge in [-0.3, -0.25) is 0 Å². The minimum Gasteiger partial charge on any atom is -0.427 e. The summed E-state index contributed by atoms with van der Waals surface area (Å²) in [5, 5.41) is 0. The lowest BCUT2D eigenvalue weighted by atomic mass is 10.1. The van der Waals surface area contributed by atoms with Crippen LogP contribution in [0.2, 0.25) is 0 Å². The highest BCUT2D eigenvalue weighted by Gasteiger charge is 2.36. The van der Waals surface area contributed by atoms with Gasteiger partial charge in [-0.05, 0) is 42.3 Å². The molecule has 0 fully saturated rings. The smallest absolute Gasteiger partial charge is 0.426 e. The molecular formula is C31H25O4PS. The summed E-state index contributed by atoms with van der Waals surface area (Å²) in [6.45, 7) is 1.92. The molecule has 0 bridgehead atoms. The predicted molar refractivity (Wildman–Crippen MR) is 150 cm³/mol. The summed E-state index contributed by atoms with van der Waals surface area (Å²) in [6.07, 6.45) is 0. The Morgan fingerprint density at radius 2 is 0.919 bits per heavy atom. The van der Waals surface area contributed by atoms with Crippen LogP contribution in [0, 0.1) is 6.92 Å². The van der Waals surface area contributed by atoms with Gasteiger partial charge in [0.1, 0.15) is 11.5 Å². The lowest BCUT2D eigenvalue weighted by Gasteiger charge is -2.21. The second kappa shape index (κ2) is 11.0. The van der Waals surface area contributed by atoms with Crippen LogP contribution < -0.4 is 9.05 Å². The average Bonchev–Trinajstić information content (AvgIpc) is 2.94. The van der Waals surface area contributed by atoms with Crippen molar-refractivity contribution in [2.24, 2.45) is 0 Å². The van der Waals surface area contributed by atoms with Crippen molar-refractivity contribution < 1.29 is 17.5 Å². The molecule has 184 valence electrons. The fraction of sp³-hybridized carbons (Fsp3) is 0.0323. The van der Waals surface area contributed by atoms with Crippen molar-refractivity contribution in [3.63, 3.8) is 0 Å². The molecule has 5 aromatic rings. The number of para-hydroxylation sites is 2. The standard InChI is InChI=1S/C31H25O4PS/c1-24-20-22-27(23-21-24)37(32,33)36(34-30-18-10-8-16-28(30)25-12-4-2-5-13-25)35-31-19-11-9-17-29(31)26-14-6-3-7-15-26/h2-23H,1H3. The molecule has 5 rings (SSSR count). The van der Waals surface area contributed by atoms with Gasteiger partial charge < -0.3 is 9.05 Å². The third kappa shape index (κ3) is 5.59. The Labute approximate surface area is 218 Å². The van der Waals surface area contributed by atoms with E-state index in [1.165, 1.54) is 0 Å². The first kappa shape index (κ1) is 24.8. The van der Waals surface area contributed by atoms with Crippen molar-refractivity contribution in [1.82, 2.24) is 0 Å². The zero-order valence-electron chi connectivity index (χ0n) is 20.2. The van der Waals surface area contributed by atoms with E-state index in [1.54, 1.807) is 36.4 Å². The lowest BCUT2D eigenvalue weighted by Crippen LogP contribution is -2.09. The van der Waals surface area contributed by atoms with Gasteiger partial charge in [0.05, 0.1) is 4.90 Å². The van der Waals surface area contributed by atoms with Crippen molar-refractivity contribution in [2.75, 3.05) is 0 Å². The lowest BCUT2D eigenvalue weighted by molar-refractivity contribution is 0.501. The SMILES string of the molecule is Cc1ccc(S(=O)(=O)P(Oc2ccccc2-c2ccccc2)Oc2ccccc2-c2ccccc2)cc1. The van der Waals surface area contributed by atoms with E-state index >= 15 is 0 Å². The zero-order chi connectivity index (χ0) is 25.7. The van der Waals surface area contributed by atoms with Gasteiger partial charge in [0.25, 0.3) is 9.46 Å². The number of rotatable bonds is 8. The topological polar surface area (TPSA) is 52.6 Å². The summed E-state index contributed by atoms with van der Waals surface area (Å²) in [5.41, 5.74) is 4.38. The van der Waals surface area contributed by atoms with Crippen molar-refractivity contribution >= 4 is 17.0 Å². The minimum absolute atomic E-state index is 0.151. The maximum atomic E-state index is 13.9. The van der Waals surface area contributed by atoms with Gasteiger partial charge >= 0.3 is 7.58 Å². The van der Waals surface area contributed by atoms with Crippen molar-refractivity contribution in [1.29, 1.82) is 0 Å². The fourth-order valence-corrected chi connectivity index (χ4v) is 7.36. The summed E-state index contributed by atoms with van der Waals surface area (Å²) >= 11 is 0. The van der Waals surface area contributed by atoms with Gasteiger partial charge in [0.15, 0.2) is 0 Å². The van der Waals surface area contributed by atoms with Crippen LogP contribution in [0.1, 0.15) is 5.56 Å². The van der Waals surface area contributed by atoms with E-state index in [0.29, 0.717) is 11.5 Å². The van der Waals surface area contributed by atoms with Gasteiger partial charge in [-0.1, -0.05) is 115 Å². The van der Waals surface area contributed by atoms with E-state index in [4.69, 9.17) is 9.05 Å². The quantitative estimate of drug-likeness (QED) is 0.191. The molecule has 0 aliphatic carbocycles. The van der Waals surface area contributed by atoms with E-state index < -0.39 is 17.0 Å². The maximum Gasteiger partial charge on any atom is 0.426 e. The van der Waals surface area contributed by atoms with Crippen LogP contribution in [0.3, 0.4) is 0 Å². The van der Waals surface area contributed by atoms with E-state index in [1.807, 2.05) is 104 Å². The van der Waals surface area contributed by atoms with Gasteiger partial charge in [-0.2, -0.15) is 0 Å². The zero-order valence-corrected chi connectivity index (χ0v) is 21.9. The molecule has 0 aromatic heterocycles. The summed E-state index contributed by atoms with van der Waals surface area (Å²) in [5.74, 6) is 0.875. The number of hydrogen-bond donors (Lipinski definition) is 0. The van der Waals surface area contributed by atoms with Crippen LogP contribution >= 0.6 is 7.58 Å². The first-order valence-corrected chi connectivity index (χ1v) is 15.1. The highest BCUT2D eigenvalue weighted by Crippen LogP contribution is 2.52. The fourth-order valence-electron chi connectivity index (χ4n) is 3.88. The highest BCUT2D eigenvalue weighted by molar-refractivity contribution is 8.47. The molecule has 0 aliphatic heterocycles. The Morgan fingerprint density at radius 3 is 1.38 bits per heavy atom. The van der Waals surface area contributed by atoms with Crippen LogP contribution in [-0.2, 0) is 9.46 Å². The molecular weight excluding hydrogens is 499 g/mol. The summed E-state index contributed by atoms with van der Waals surface area (Å²) in [7, 11) is -6.48. The molecule has 0 spiro atoms. The van der Waals surface area contributed by atoms with Gasteiger partial charge in [-0.25, -0.2) is 8.42 Å². The van der Waals surface area contributed by atoms with Crippen molar-refractivity contribution in [3.8, 4) is 33.8 Å². The van der Waals surface area contributed by atoms with Crippen molar-refractivity contribution in [3.05, 3.63) is 139 Å². The first-order chi connectivity index (χ1) is 18.0. The second-order valence-electron chi connectivity index (χ2n) is 8.42. The molecule has 0 unspecified atom stereocenters. The average molecular weight is 525 g/mol. The first-order valence-electron chi connectivity index (χ1n) is 11.8. The van der Waals surface area contributed by atoms with E-state index in [2.05, 4.69) is 0 Å². The molecule has 5 aromatic carbocycles. The molecule has 4 nitrogen and oxygen atoms in total. The highest BCUT2D eigenvalue weighted by atomic mass is 32.8. The number of benzene rings is 5. The Balaban J connectivity index is 1.59. The third-order valence-corrected chi connectivity index (χ3v) is 10.0. The molecule has 0 radical (unpaired) electrons. The molecule has 6 heteroatoms. The molecule has 0 aliphatic rings. The van der Waals surface area contributed by atoms with E-state index in [0.717, 1.165) is 27.8 Å². The summed E-state index contributed by atoms with van der Waals surface area (Å²) in [4.78, 5) is 0.151. The van der Waals surface area contributed by atoms with Crippen LogP contribution in [0.15, 0.2) is 138 Å². The molecule has 0 N–H and O–H groups in total. The molecule has 0 saturated carbocycles. The largest absolute Gasteiger partial charge is 0.427 e. The molecule has 0 atom stereocenters.